The second kappa shape index (κ2) is 11.3. The second-order valence-electron chi connectivity index (χ2n) is 8.46. The lowest BCUT2D eigenvalue weighted by atomic mass is 10.0. The molecule has 0 saturated carbocycles. The predicted octanol–water partition coefficient (Wildman–Crippen LogP) is -0.558. The van der Waals surface area contributed by atoms with Gasteiger partial charge in [0.15, 0.2) is 16.7 Å². The Balaban J connectivity index is 1.34. The summed E-state index contributed by atoms with van der Waals surface area (Å²) in [5.74, 6) is -3.99. The summed E-state index contributed by atoms with van der Waals surface area (Å²) in [4.78, 5) is 75.3. The molecule has 4 aliphatic rings. The maximum absolute atomic E-state index is 13.1. The third-order valence-corrected chi connectivity index (χ3v) is 9.14. The van der Waals surface area contributed by atoms with Gasteiger partial charge < -0.3 is 31.2 Å². The molecule has 21 heteroatoms. The molecule has 1 saturated heterocycles. The third-order valence-electron chi connectivity index (χ3n) is 5.96. The van der Waals surface area contributed by atoms with Crippen LogP contribution in [0.4, 0.5) is 9.93 Å². The first-order chi connectivity index (χ1) is 20.0. The Morgan fingerprint density at radius 1 is 1.29 bits per heavy atom. The van der Waals surface area contributed by atoms with Crippen LogP contribution in [0.15, 0.2) is 49.4 Å². The number of anilines is 1. The Bertz CT molecular complexity index is 1570. The summed E-state index contributed by atoms with van der Waals surface area (Å²) in [7, 11) is 1.23. The van der Waals surface area contributed by atoms with Crippen LogP contribution in [0.3, 0.4) is 0 Å². The number of amides is 3. The van der Waals surface area contributed by atoms with Gasteiger partial charge in [-0.25, -0.2) is 29.4 Å². The zero-order valence-corrected chi connectivity index (χ0v) is 23.5. The maximum atomic E-state index is 13.1. The molecule has 0 bridgehead atoms. The van der Waals surface area contributed by atoms with Crippen molar-refractivity contribution in [3.05, 3.63) is 45.0 Å². The number of nitrogens with zero attached hydrogens (tertiary/aromatic N) is 6. The fourth-order valence-electron chi connectivity index (χ4n) is 4.15. The number of thioether (sulfide) groups is 2. The number of aliphatic imine (C=N–C) groups is 1. The van der Waals surface area contributed by atoms with Crippen molar-refractivity contribution < 1.29 is 44.1 Å². The van der Waals surface area contributed by atoms with Gasteiger partial charge in [-0.3, -0.25) is 14.5 Å². The molecule has 4 aliphatic heterocycles. The molecule has 220 valence electrons. The minimum absolute atomic E-state index is 0.0590. The van der Waals surface area contributed by atoms with Crippen LogP contribution in [0.1, 0.15) is 5.69 Å². The van der Waals surface area contributed by atoms with Crippen LogP contribution in [-0.2, 0) is 24.0 Å². The number of carbonyl (C=O) groups excluding carboxylic acids is 2. The lowest BCUT2D eigenvalue weighted by Gasteiger charge is -2.49. The molecule has 0 unspecified atom stereocenters. The van der Waals surface area contributed by atoms with E-state index in [9.17, 15) is 39.3 Å². The minimum Gasteiger partial charge on any atom is -0.478 e. The first-order valence-electron chi connectivity index (χ1n) is 11.5. The van der Waals surface area contributed by atoms with Crippen LogP contribution in [0, 0.1) is 0 Å². The lowest BCUT2D eigenvalue weighted by Crippen LogP contribution is -2.71. The van der Waals surface area contributed by atoms with Gasteiger partial charge in [-0.05, 0) is 5.57 Å². The normalized spacial score (nSPS) is 21.5. The van der Waals surface area contributed by atoms with E-state index in [0.717, 1.165) is 45.4 Å². The van der Waals surface area contributed by atoms with Crippen molar-refractivity contribution in [3.63, 3.8) is 0 Å². The van der Waals surface area contributed by atoms with Gasteiger partial charge in [0.2, 0.25) is 0 Å². The molecule has 0 spiro atoms. The number of carbonyl (C=O) groups is 5. The van der Waals surface area contributed by atoms with E-state index in [0.29, 0.717) is 10.6 Å². The molecular formula is C21H19N9O9S3. The fourth-order valence-corrected chi connectivity index (χ4v) is 7.28. The number of hydrogen-bond acceptors (Lipinski definition) is 15. The molecule has 1 aromatic heterocycles. The van der Waals surface area contributed by atoms with Crippen molar-refractivity contribution in [1.82, 2.24) is 30.8 Å². The average molecular weight is 638 g/mol. The molecule has 42 heavy (non-hydrogen) atoms. The summed E-state index contributed by atoms with van der Waals surface area (Å²) in [5.41, 5.74) is 7.81. The summed E-state index contributed by atoms with van der Waals surface area (Å²) in [6.07, 6.45) is 0.833. The Morgan fingerprint density at radius 2 is 2.05 bits per heavy atom. The molecule has 3 amide bonds. The number of fused-ring (bicyclic) bond motifs is 2. The van der Waals surface area contributed by atoms with Crippen LogP contribution in [0.25, 0.3) is 0 Å². The van der Waals surface area contributed by atoms with E-state index in [-0.39, 0.29) is 50.2 Å². The van der Waals surface area contributed by atoms with Crippen molar-refractivity contribution >= 4 is 81.8 Å². The van der Waals surface area contributed by atoms with Gasteiger partial charge in [0.25, 0.3) is 11.8 Å². The third kappa shape index (κ3) is 5.13. The molecule has 1 aromatic rings. The highest BCUT2D eigenvalue weighted by Crippen LogP contribution is 2.42. The maximum Gasteiger partial charge on any atom is 0.427 e. The summed E-state index contributed by atoms with van der Waals surface area (Å²) < 4.78 is 0. The summed E-state index contributed by atoms with van der Waals surface area (Å²) >= 11 is 3.20. The van der Waals surface area contributed by atoms with Crippen LogP contribution in [-0.4, -0.2) is 107 Å². The molecule has 18 nitrogen and oxygen atoms in total. The largest absolute Gasteiger partial charge is 0.478 e. The van der Waals surface area contributed by atoms with E-state index >= 15 is 0 Å². The van der Waals surface area contributed by atoms with E-state index in [4.69, 9.17) is 10.6 Å². The zero-order valence-electron chi connectivity index (χ0n) is 21.1. The van der Waals surface area contributed by atoms with Crippen molar-refractivity contribution in [2.24, 2.45) is 10.1 Å². The van der Waals surface area contributed by atoms with Gasteiger partial charge in [0, 0.05) is 23.1 Å². The predicted molar refractivity (Wildman–Crippen MR) is 148 cm³/mol. The van der Waals surface area contributed by atoms with E-state index in [2.05, 4.69) is 26.0 Å². The average Bonchev–Trinajstić information content (AvgIpc) is 3.58. The van der Waals surface area contributed by atoms with Gasteiger partial charge >= 0.3 is 18.0 Å². The Morgan fingerprint density at radius 3 is 2.67 bits per heavy atom. The minimum atomic E-state index is -1.39. The summed E-state index contributed by atoms with van der Waals surface area (Å²) in [5, 5.41) is 38.0. The molecule has 0 radical (unpaired) electrons. The van der Waals surface area contributed by atoms with Crippen molar-refractivity contribution in [1.29, 1.82) is 0 Å². The Labute approximate surface area is 247 Å². The molecule has 0 aliphatic carbocycles. The number of hydrazine groups is 2. The number of carboxylic acids is 2. The number of β-lactam (4-membered cyclic amide) rings is 1. The van der Waals surface area contributed by atoms with Crippen LogP contribution in [0.2, 0.25) is 0 Å². The quantitative estimate of drug-likeness (QED) is 0.113. The summed E-state index contributed by atoms with van der Waals surface area (Å²) in [6, 6.07) is -1.07. The molecule has 5 rings (SSSR count). The SMILES string of the molecule is CON=C(C(=O)N[C@@H]1C(=O)N2C(C(=O)O)=C(CSC3=C(C(=O)O)C=NC4=CN(C(=O)O)NN43)CS[C@H]12)c1csc(N)n1. The molecular weight excluding hydrogens is 618 g/mol. The monoisotopic (exact) mass is 637 g/mol. The van der Waals surface area contributed by atoms with Gasteiger partial charge in [-0.15, -0.1) is 40.4 Å². The van der Waals surface area contributed by atoms with Gasteiger partial charge in [0.05, 0.1) is 6.20 Å². The smallest absolute Gasteiger partial charge is 0.427 e. The molecule has 0 aromatic carbocycles. The topological polar surface area (TPSA) is 253 Å². The molecule has 1 fully saturated rings. The Hall–Kier alpha value is -4.60. The number of hydrogen-bond donors (Lipinski definition) is 6. The molecule has 5 heterocycles. The van der Waals surface area contributed by atoms with Crippen LogP contribution >= 0.6 is 34.9 Å². The number of carboxylic acid groups (broad SMARTS) is 3. The molecule has 7 N–H and O–H groups in total. The fraction of sp³-hybridized carbons (Fsp3) is 0.238. The zero-order chi connectivity index (χ0) is 30.3. The first kappa shape index (κ1) is 28.9. The summed E-state index contributed by atoms with van der Waals surface area (Å²) in [6.45, 7) is 0. The van der Waals surface area contributed by atoms with Gasteiger partial charge in [0.1, 0.15) is 40.5 Å². The molecule has 2 atom stereocenters. The van der Waals surface area contributed by atoms with Gasteiger partial charge in [-0.2, -0.15) is 5.01 Å². The van der Waals surface area contributed by atoms with Crippen LogP contribution in [0.5, 0.6) is 0 Å². The van der Waals surface area contributed by atoms with Crippen molar-refractivity contribution in [2.75, 3.05) is 24.3 Å². The number of thiazole rings is 1. The highest BCUT2D eigenvalue weighted by Gasteiger charge is 2.54. The number of aromatic nitrogens is 1. The number of nitrogens with two attached hydrogens (primary N) is 1. The van der Waals surface area contributed by atoms with Crippen molar-refractivity contribution in [3.8, 4) is 0 Å². The van der Waals surface area contributed by atoms with E-state index in [1.54, 1.807) is 0 Å². The van der Waals surface area contributed by atoms with E-state index < -0.39 is 41.3 Å². The number of oxime groups is 1. The second-order valence-corrected chi connectivity index (χ2v) is 11.4. The lowest BCUT2D eigenvalue weighted by molar-refractivity contribution is -0.150. The highest BCUT2D eigenvalue weighted by molar-refractivity contribution is 8.03. The number of nitrogen functional groups attached to an aromatic ring is 1. The van der Waals surface area contributed by atoms with E-state index in [1.807, 2.05) is 0 Å². The highest BCUT2D eigenvalue weighted by atomic mass is 32.2. The Kier molecular flexibility index (Phi) is 7.81. The van der Waals surface area contributed by atoms with Gasteiger partial charge in [-0.1, -0.05) is 5.16 Å². The number of nitrogens with one attached hydrogen (secondary N) is 2. The standard InChI is InChI=1S/C21H19N9O9S3/c1-39-26-11(9-6-42-20(22)24-9)14(31)25-12-15(32)29-13(19(35)36)7(5-41-17(12)29)4-40-16-8(18(33)34)2-23-10-3-28(21(37)38)27-30(10)16/h2-3,6,12,17,27H,4-5H2,1H3,(H2,22,24)(H,25,31)(H,33,34)(H,35,36)(H,37,38)/t12-,17-/m1/s1. The van der Waals surface area contributed by atoms with Crippen LogP contribution < -0.4 is 16.6 Å². The first-order valence-corrected chi connectivity index (χ1v) is 14.4. The number of rotatable bonds is 9. The number of aliphatic carboxylic acids is 2. The van der Waals surface area contributed by atoms with Crippen molar-refractivity contribution in [2.45, 2.75) is 11.4 Å². The van der Waals surface area contributed by atoms with E-state index in [1.165, 1.54) is 24.3 Å².